The summed E-state index contributed by atoms with van der Waals surface area (Å²) >= 11 is 0. The van der Waals surface area contributed by atoms with E-state index in [1.165, 1.54) is 19.3 Å². The van der Waals surface area contributed by atoms with Crippen LogP contribution < -0.4 is 0 Å². The van der Waals surface area contributed by atoms with Crippen LogP contribution in [0.15, 0.2) is 0 Å². The molecule has 0 rings (SSSR count). The van der Waals surface area contributed by atoms with Crippen molar-refractivity contribution in [2.75, 3.05) is 0 Å². The first-order chi connectivity index (χ1) is 6.90. The Kier molecular flexibility index (Phi) is 7.30. The van der Waals surface area contributed by atoms with Gasteiger partial charge in [-0.05, 0) is 36.0 Å². The van der Waals surface area contributed by atoms with Crippen molar-refractivity contribution in [3.8, 4) is 0 Å². The van der Waals surface area contributed by atoms with Gasteiger partial charge in [0.2, 0.25) is 0 Å². The fourth-order valence-electron chi connectivity index (χ4n) is 2.42. The van der Waals surface area contributed by atoms with Gasteiger partial charge in [0, 0.05) is 0 Å². The van der Waals surface area contributed by atoms with Gasteiger partial charge in [0.1, 0.15) is 0 Å². The lowest BCUT2D eigenvalue weighted by molar-refractivity contribution is 0.190. The van der Waals surface area contributed by atoms with E-state index in [-0.39, 0.29) is 0 Å². The van der Waals surface area contributed by atoms with E-state index in [1.54, 1.807) is 0 Å². The maximum absolute atomic E-state index is 2.46. The van der Waals surface area contributed by atoms with Gasteiger partial charge in [-0.3, -0.25) is 0 Å². The highest BCUT2D eigenvalue weighted by molar-refractivity contribution is 4.73. The predicted molar refractivity (Wildman–Crippen MR) is 71.0 cm³/mol. The molecule has 0 heterocycles. The lowest BCUT2D eigenvalue weighted by Crippen LogP contribution is -2.22. The topological polar surface area (TPSA) is 0 Å². The van der Waals surface area contributed by atoms with Gasteiger partial charge >= 0.3 is 0 Å². The molecule has 0 heteroatoms. The molecule has 0 fully saturated rings. The van der Waals surface area contributed by atoms with Crippen LogP contribution in [-0.2, 0) is 0 Å². The fraction of sp³-hybridized carbons (Fsp3) is 1.00. The first kappa shape index (κ1) is 15.0. The molecule has 0 N–H and O–H groups in total. The molecule has 0 saturated heterocycles. The maximum Gasteiger partial charge on any atom is -0.0386 e. The van der Waals surface area contributed by atoms with Crippen LogP contribution in [0.5, 0.6) is 0 Å². The Bertz CT molecular complexity index is 146. The van der Waals surface area contributed by atoms with Crippen LogP contribution in [0.4, 0.5) is 0 Å². The molecular weight excluding hydrogens is 180 g/mol. The average molecular weight is 212 g/mol. The van der Waals surface area contributed by atoms with E-state index in [1.807, 2.05) is 0 Å². The second-order valence-electron chi connectivity index (χ2n) is 6.10. The molecule has 0 spiro atoms. The Labute approximate surface area is 97.8 Å². The summed E-state index contributed by atoms with van der Waals surface area (Å²) in [6, 6.07) is 0. The van der Waals surface area contributed by atoms with Gasteiger partial charge in [-0.1, -0.05) is 61.3 Å². The van der Waals surface area contributed by atoms with Crippen LogP contribution in [0, 0.1) is 29.6 Å². The third kappa shape index (κ3) is 5.58. The summed E-state index contributed by atoms with van der Waals surface area (Å²) in [4.78, 5) is 0. The van der Waals surface area contributed by atoms with Gasteiger partial charge in [-0.2, -0.15) is 0 Å². The van der Waals surface area contributed by atoms with E-state index < -0.39 is 0 Å². The molecule has 0 bridgehead atoms. The van der Waals surface area contributed by atoms with Gasteiger partial charge in [-0.15, -0.1) is 0 Å². The maximum atomic E-state index is 2.46. The van der Waals surface area contributed by atoms with E-state index in [9.17, 15) is 0 Å². The van der Waals surface area contributed by atoms with Crippen molar-refractivity contribution >= 4 is 0 Å². The molecule has 0 radical (unpaired) electrons. The van der Waals surface area contributed by atoms with Crippen molar-refractivity contribution in [2.45, 2.75) is 67.7 Å². The van der Waals surface area contributed by atoms with Crippen LogP contribution in [0.25, 0.3) is 0 Å². The lowest BCUT2D eigenvalue weighted by Gasteiger charge is -2.31. The van der Waals surface area contributed by atoms with E-state index in [0.29, 0.717) is 0 Å². The summed E-state index contributed by atoms with van der Waals surface area (Å²) < 4.78 is 0. The average Bonchev–Trinajstić information content (AvgIpc) is 2.16. The molecule has 0 aliphatic carbocycles. The molecule has 0 saturated carbocycles. The molecule has 0 aromatic carbocycles. The van der Waals surface area contributed by atoms with E-state index in [0.717, 1.165) is 29.6 Å². The zero-order valence-electron chi connectivity index (χ0n) is 12.0. The molecule has 0 amide bonds. The molecule has 0 aromatic heterocycles. The summed E-state index contributed by atoms with van der Waals surface area (Å²) in [5.74, 6) is 4.37. The van der Waals surface area contributed by atoms with Crippen molar-refractivity contribution in [1.29, 1.82) is 0 Å². The van der Waals surface area contributed by atoms with Gasteiger partial charge < -0.3 is 0 Å². The van der Waals surface area contributed by atoms with Crippen molar-refractivity contribution in [2.24, 2.45) is 29.6 Å². The second-order valence-corrected chi connectivity index (χ2v) is 6.10. The Hall–Kier alpha value is 0. The van der Waals surface area contributed by atoms with Crippen molar-refractivity contribution in [3.63, 3.8) is 0 Å². The Morgan fingerprint density at radius 2 is 1.27 bits per heavy atom. The van der Waals surface area contributed by atoms with E-state index in [2.05, 4.69) is 48.5 Å². The third-order valence-electron chi connectivity index (χ3n) is 4.26. The summed E-state index contributed by atoms with van der Waals surface area (Å²) in [7, 11) is 0. The van der Waals surface area contributed by atoms with Crippen molar-refractivity contribution < 1.29 is 0 Å². The minimum absolute atomic E-state index is 0.827. The second kappa shape index (κ2) is 7.30. The monoisotopic (exact) mass is 212 g/mol. The Morgan fingerprint density at radius 3 is 1.60 bits per heavy atom. The molecule has 3 unspecified atom stereocenters. The molecule has 15 heavy (non-hydrogen) atoms. The number of hydrogen-bond donors (Lipinski definition) is 0. The minimum atomic E-state index is 0.827. The number of rotatable bonds is 7. The Balaban J connectivity index is 4.14. The SMILES string of the molecule is CCC(CCC(C)C)C(C)C(C)C(C)C. The standard InChI is InChI=1S/C15H32/c1-8-15(10-9-11(2)3)14(7)13(6)12(4)5/h11-15H,8-10H2,1-7H3. The highest BCUT2D eigenvalue weighted by Crippen LogP contribution is 2.32. The van der Waals surface area contributed by atoms with E-state index >= 15 is 0 Å². The molecule has 92 valence electrons. The third-order valence-corrected chi connectivity index (χ3v) is 4.26. The summed E-state index contributed by atoms with van der Waals surface area (Å²) in [6.07, 6.45) is 4.17. The van der Waals surface area contributed by atoms with Crippen LogP contribution >= 0.6 is 0 Å². The summed E-state index contributed by atoms with van der Waals surface area (Å²) in [5, 5.41) is 0. The lowest BCUT2D eigenvalue weighted by atomic mass is 9.75. The van der Waals surface area contributed by atoms with Crippen LogP contribution in [0.1, 0.15) is 67.7 Å². The van der Waals surface area contributed by atoms with Crippen LogP contribution in [0.2, 0.25) is 0 Å². The van der Waals surface area contributed by atoms with Crippen molar-refractivity contribution in [3.05, 3.63) is 0 Å². The van der Waals surface area contributed by atoms with E-state index in [4.69, 9.17) is 0 Å². The minimum Gasteiger partial charge on any atom is -0.0651 e. The highest BCUT2D eigenvalue weighted by Gasteiger charge is 2.23. The highest BCUT2D eigenvalue weighted by atomic mass is 14.3. The fourth-order valence-corrected chi connectivity index (χ4v) is 2.42. The first-order valence-electron chi connectivity index (χ1n) is 6.90. The molecule has 0 nitrogen and oxygen atoms in total. The van der Waals surface area contributed by atoms with Crippen LogP contribution in [-0.4, -0.2) is 0 Å². The zero-order chi connectivity index (χ0) is 12.0. The van der Waals surface area contributed by atoms with Crippen LogP contribution in [0.3, 0.4) is 0 Å². The normalized spacial score (nSPS) is 18.2. The summed E-state index contributed by atoms with van der Waals surface area (Å²) in [6.45, 7) is 16.6. The quantitative estimate of drug-likeness (QED) is 0.531. The van der Waals surface area contributed by atoms with Crippen molar-refractivity contribution in [1.82, 2.24) is 0 Å². The first-order valence-corrected chi connectivity index (χ1v) is 6.90. The van der Waals surface area contributed by atoms with Gasteiger partial charge in [0.25, 0.3) is 0 Å². The number of hydrogen-bond acceptors (Lipinski definition) is 0. The van der Waals surface area contributed by atoms with Gasteiger partial charge in [0.15, 0.2) is 0 Å². The molecule has 0 aliphatic rings. The van der Waals surface area contributed by atoms with Gasteiger partial charge in [0.05, 0.1) is 0 Å². The molecule has 3 atom stereocenters. The predicted octanol–water partition coefficient (Wildman–Crippen LogP) is 5.38. The Morgan fingerprint density at radius 1 is 0.733 bits per heavy atom. The molecule has 0 aromatic rings. The zero-order valence-corrected chi connectivity index (χ0v) is 12.0. The smallest absolute Gasteiger partial charge is 0.0386 e. The largest absolute Gasteiger partial charge is 0.0651 e. The summed E-state index contributed by atoms with van der Waals surface area (Å²) in [5.41, 5.74) is 0. The molecular formula is C15H32. The van der Waals surface area contributed by atoms with Gasteiger partial charge in [-0.25, -0.2) is 0 Å². The molecule has 0 aliphatic heterocycles.